The van der Waals surface area contributed by atoms with Crippen molar-refractivity contribution in [1.29, 1.82) is 5.26 Å². The Morgan fingerprint density at radius 1 is 1.28 bits per heavy atom. The van der Waals surface area contributed by atoms with Crippen molar-refractivity contribution < 1.29 is 19.7 Å². The van der Waals surface area contributed by atoms with Gasteiger partial charge in [0.2, 0.25) is 0 Å². The first kappa shape index (κ1) is 18.3. The van der Waals surface area contributed by atoms with Crippen molar-refractivity contribution in [2.45, 2.75) is 19.4 Å². The van der Waals surface area contributed by atoms with Gasteiger partial charge >= 0.3 is 5.97 Å². The van der Waals surface area contributed by atoms with Gasteiger partial charge in [-0.15, -0.1) is 0 Å². The largest absolute Gasteiger partial charge is 0.491 e. The molecule has 1 atom stereocenters. The minimum absolute atomic E-state index is 0.0850. The van der Waals surface area contributed by atoms with Crippen LogP contribution in [0, 0.1) is 11.3 Å². The van der Waals surface area contributed by atoms with Crippen molar-refractivity contribution in [1.82, 2.24) is 0 Å². The molecule has 0 aliphatic carbocycles. The third kappa shape index (κ3) is 4.72. The quantitative estimate of drug-likeness (QED) is 0.683. The number of ether oxygens (including phenoxy) is 1. The van der Waals surface area contributed by atoms with Gasteiger partial charge in [0.05, 0.1) is 18.2 Å². The summed E-state index contributed by atoms with van der Waals surface area (Å²) in [5.41, 5.74) is 2.56. The Kier molecular flexibility index (Phi) is 6.38. The zero-order valence-electron chi connectivity index (χ0n) is 13.9. The van der Waals surface area contributed by atoms with Crippen LogP contribution in [0.2, 0.25) is 0 Å². The third-order valence-electron chi connectivity index (χ3n) is 3.71. The molecule has 0 saturated heterocycles. The van der Waals surface area contributed by atoms with Crippen molar-refractivity contribution in [2.75, 3.05) is 18.5 Å². The SMILES string of the molecule is CCc1ccc(OCCO)c(C(Nc2ccc(C#N)cc2)C(=O)O)c1. The van der Waals surface area contributed by atoms with Crippen LogP contribution < -0.4 is 10.1 Å². The van der Waals surface area contributed by atoms with E-state index in [1.807, 2.05) is 19.1 Å². The van der Waals surface area contributed by atoms with Crippen LogP contribution in [-0.2, 0) is 11.2 Å². The van der Waals surface area contributed by atoms with Crippen LogP contribution >= 0.6 is 0 Å². The number of nitrogens with zero attached hydrogens (tertiary/aromatic N) is 1. The van der Waals surface area contributed by atoms with Gasteiger partial charge < -0.3 is 20.3 Å². The van der Waals surface area contributed by atoms with E-state index < -0.39 is 12.0 Å². The van der Waals surface area contributed by atoms with Crippen LogP contribution in [0.3, 0.4) is 0 Å². The number of benzene rings is 2. The lowest BCUT2D eigenvalue weighted by Crippen LogP contribution is -2.22. The molecule has 2 aromatic rings. The summed E-state index contributed by atoms with van der Waals surface area (Å²) in [6.07, 6.45) is 0.760. The van der Waals surface area contributed by atoms with Gasteiger partial charge in [-0.25, -0.2) is 4.79 Å². The Morgan fingerprint density at radius 2 is 2.00 bits per heavy atom. The van der Waals surface area contributed by atoms with Gasteiger partial charge in [-0.2, -0.15) is 5.26 Å². The van der Waals surface area contributed by atoms with E-state index in [0.717, 1.165) is 12.0 Å². The summed E-state index contributed by atoms with van der Waals surface area (Å²) < 4.78 is 5.49. The number of carboxylic acid groups (broad SMARTS) is 1. The number of carbonyl (C=O) groups is 1. The predicted octanol–water partition coefficient (Wildman–Crippen LogP) is 2.73. The summed E-state index contributed by atoms with van der Waals surface area (Å²) >= 11 is 0. The van der Waals surface area contributed by atoms with Crippen molar-refractivity contribution in [3.8, 4) is 11.8 Å². The van der Waals surface area contributed by atoms with Gasteiger partial charge in [-0.05, 0) is 48.4 Å². The number of anilines is 1. The molecule has 1 unspecified atom stereocenters. The van der Waals surface area contributed by atoms with Crippen molar-refractivity contribution in [3.63, 3.8) is 0 Å². The molecule has 0 aliphatic heterocycles. The van der Waals surface area contributed by atoms with Crippen LogP contribution in [0.15, 0.2) is 42.5 Å². The number of aliphatic carboxylic acids is 1. The standard InChI is InChI=1S/C19H20N2O4/c1-2-13-5-8-17(25-10-9-22)16(11-13)18(19(23)24)21-15-6-3-14(12-20)4-7-15/h3-8,11,18,21-22H,2,9-10H2,1H3,(H,23,24). The summed E-state index contributed by atoms with van der Waals surface area (Å²) in [5, 5.41) is 30.5. The van der Waals surface area contributed by atoms with Crippen molar-refractivity contribution in [2.24, 2.45) is 0 Å². The average Bonchev–Trinajstić information content (AvgIpc) is 2.64. The molecule has 6 heteroatoms. The fourth-order valence-corrected chi connectivity index (χ4v) is 2.41. The van der Waals surface area contributed by atoms with E-state index in [9.17, 15) is 9.90 Å². The van der Waals surface area contributed by atoms with Crippen LogP contribution in [0.25, 0.3) is 0 Å². The van der Waals surface area contributed by atoms with Crippen LogP contribution in [0.4, 0.5) is 5.69 Å². The minimum atomic E-state index is -1.05. The Hall–Kier alpha value is -3.04. The van der Waals surface area contributed by atoms with Gasteiger partial charge in [0, 0.05) is 11.3 Å². The number of rotatable bonds is 8. The molecule has 6 nitrogen and oxygen atoms in total. The van der Waals surface area contributed by atoms with Crippen molar-refractivity contribution >= 4 is 11.7 Å². The van der Waals surface area contributed by atoms with Gasteiger partial charge in [0.1, 0.15) is 12.4 Å². The summed E-state index contributed by atoms with van der Waals surface area (Å²) in [7, 11) is 0. The van der Waals surface area contributed by atoms with E-state index in [1.165, 1.54) is 0 Å². The Morgan fingerprint density at radius 3 is 2.56 bits per heavy atom. The lowest BCUT2D eigenvalue weighted by Gasteiger charge is -2.20. The first-order valence-electron chi connectivity index (χ1n) is 7.95. The Bertz CT molecular complexity index is 766. The van der Waals surface area contributed by atoms with Crippen LogP contribution in [0.5, 0.6) is 5.75 Å². The topological polar surface area (TPSA) is 103 Å². The Balaban J connectivity index is 2.37. The molecule has 2 aromatic carbocycles. The highest BCUT2D eigenvalue weighted by molar-refractivity contribution is 5.80. The van der Waals surface area contributed by atoms with E-state index in [2.05, 4.69) is 5.32 Å². The molecule has 0 aromatic heterocycles. The molecular weight excluding hydrogens is 320 g/mol. The number of hydrogen-bond acceptors (Lipinski definition) is 5. The maximum atomic E-state index is 11.8. The average molecular weight is 340 g/mol. The second-order valence-corrected chi connectivity index (χ2v) is 5.40. The molecule has 130 valence electrons. The first-order valence-corrected chi connectivity index (χ1v) is 7.95. The lowest BCUT2D eigenvalue weighted by molar-refractivity contribution is -0.138. The number of nitriles is 1. The first-order chi connectivity index (χ1) is 12.1. The monoisotopic (exact) mass is 340 g/mol. The maximum Gasteiger partial charge on any atom is 0.330 e. The van der Waals surface area contributed by atoms with E-state index >= 15 is 0 Å². The molecule has 2 rings (SSSR count). The Labute approximate surface area is 146 Å². The summed E-state index contributed by atoms with van der Waals surface area (Å²) in [6.45, 7) is 1.91. The highest BCUT2D eigenvalue weighted by atomic mass is 16.5. The molecule has 0 amide bonds. The molecule has 0 aliphatic rings. The smallest absolute Gasteiger partial charge is 0.330 e. The molecule has 0 radical (unpaired) electrons. The minimum Gasteiger partial charge on any atom is -0.491 e. The number of nitrogens with one attached hydrogen (secondary N) is 1. The van der Waals surface area contributed by atoms with E-state index in [0.29, 0.717) is 22.6 Å². The fourth-order valence-electron chi connectivity index (χ4n) is 2.41. The summed E-state index contributed by atoms with van der Waals surface area (Å²) in [4.78, 5) is 11.8. The number of aliphatic hydroxyl groups excluding tert-OH is 1. The second kappa shape index (κ2) is 8.71. The third-order valence-corrected chi connectivity index (χ3v) is 3.71. The van der Waals surface area contributed by atoms with E-state index in [1.54, 1.807) is 36.4 Å². The lowest BCUT2D eigenvalue weighted by atomic mass is 10.0. The van der Waals surface area contributed by atoms with Gasteiger partial charge in [-0.3, -0.25) is 0 Å². The van der Waals surface area contributed by atoms with Crippen molar-refractivity contribution in [3.05, 3.63) is 59.2 Å². The number of hydrogen-bond donors (Lipinski definition) is 3. The molecule has 3 N–H and O–H groups in total. The zero-order valence-corrected chi connectivity index (χ0v) is 13.9. The number of aliphatic hydroxyl groups is 1. The van der Waals surface area contributed by atoms with Crippen LogP contribution in [-0.4, -0.2) is 29.4 Å². The van der Waals surface area contributed by atoms with Gasteiger partial charge in [0.15, 0.2) is 6.04 Å². The maximum absolute atomic E-state index is 11.8. The highest BCUT2D eigenvalue weighted by Crippen LogP contribution is 2.30. The molecule has 25 heavy (non-hydrogen) atoms. The van der Waals surface area contributed by atoms with Gasteiger partial charge in [-0.1, -0.05) is 13.0 Å². The predicted molar refractivity (Wildman–Crippen MR) is 93.6 cm³/mol. The fraction of sp³-hybridized carbons (Fsp3) is 0.263. The van der Waals surface area contributed by atoms with E-state index in [4.69, 9.17) is 15.1 Å². The second-order valence-electron chi connectivity index (χ2n) is 5.40. The number of carboxylic acids is 1. The van der Waals surface area contributed by atoms with Crippen LogP contribution in [0.1, 0.15) is 29.7 Å². The molecule has 0 bridgehead atoms. The highest BCUT2D eigenvalue weighted by Gasteiger charge is 2.24. The zero-order chi connectivity index (χ0) is 18.2. The molecule has 0 fully saturated rings. The molecule has 0 saturated carbocycles. The normalized spacial score (nSPS) is 11.4. The summed E-state index contributed by atoms with van der Waals surface area (Å²) in [6, 6.07) is 12.9. The molecule has 0 heterocycles. The van der Waals surface area contributed by atoms with Gasteiger partial charge in [0.25, 0.3) is 0 Å². The molecular formula is C19H20N2O4. The number of aryl methyl sites for hydroxylation is 1. The van der Waals surface area contributed by atoms with E-state index in [-0.39, 0.29) is 13.2 Å². The summed E-state index contributed by atoms with van der Waals surface area (Å²) in [5.74, 6) is -0.633. The molecule has 0 spiro atoms.